The maximum Gasteiger partial charge on any atom is 0.258 e. The zero-order valence-electron chi connectivity index (χ0n) is 13.7. The minimum Gasteiger partial charge on any atom is -0.378 e. The van der Waals surface area contributed by atoms with Gasteiger partial charge in [-0.2, -0.15) is 4.37 Å². The van der Waals surface area contributed by atoms with Gasteiger partial charge in [-0.1, -0.05) is 6.07 Å². The average molecular weight is 345 g/mol. The largest absolute Gasteiger partial charge is 0.378 e. The second kappa shape index (κ2) is 7.11. The number of rotatable bonds is 3. The van der Waals surface area contributed by atoms with Crippen LogP contribution in [0.1, 0.15) is 32.0 Å². The molecule has 3 rings (SSSR count). The van der Waals surface area contributed by atoms with Gasteiger partial charge in [0.1, 0.15) is 0 Å². The summed E-state index contributed by atoms with van der Waals surface area (Å²) in [6, 6.07) is 5.39. The summed E-state index contributed by atoms with van der Waals surface area (Å²) >= 11 is 1.25. The Kier molecular flexibility index (Phi) is 4.92. The minimum absolute atomic E-state index is 0.0275. The van der Waals surface area contributed by atoms with Crippen molar-refractivity contribution < 1.29 is 14.3 Å². The molecule has 126 valence electrons. The van der Waals surface area contributed by atoms with Crippen molar-refractivity contribution in [2.24, 2.45) is 0 Å². The Hall–Kier alpha value is -2.25. The molecule has 1 aliphatic rings. The van der Waals surface area contributed by atoms with Gasteiger partial charge in [0.2, 0.25) is 0 Å². The van der Waals surface area contributed by atoms with Gasteiger partial charge in [-0.3, -0.25) is 9.59 Å². The first-order valence-electron chi connectivity index (χ1n) is 7.76. The molecule has 1 aromatic heterocycles. The molecule has 0 bridgehead atoms. The van der Waals surface area contributed by atoms with E-state index in [2.05, 4.69) is 9.69 Å². The molecule has 0 saturated carbocycles. The molecular weight excluding hydrogens is 326 g/mol. The van der Waals surface area contributed by atoms with Crippen LogP contribution in [0.25, 0.3) is 0 Å². The lowest BCUT2D eigenvalue weighted by atomic mass is 10.1. The number of ether oxygens (including phenoxy) is 1. The number of hydrogen-bond acceptors (Lipinski definition) is 5. The molecule has 2 aromatic rings. The molecular formula is C17H19N3O3S. The quantitative estimate of drug-likeness (QED) is 0.928. The van der Waals surface area contributed by atoms with E-state index >= 15 is 0 Å². The molecule has 0 unspecified atom stereocenters. The van der Waals surface area contributed by atoms with Gasteiger partial charge in [0, 0.05) is 29.7 Å². The van der Waals surface area contributed by atoms with Gasteiger partial charge < -0.3 is 15.0 Å². The van der Waals surface area contributed by atoms with Gasteiger partial charge in [-0.25, -0.2) is 0 Å². The maximum atomic E-state index is 12.7. The Labute approximate surface area is 144 Å². The van der Waals surface area contributed by atoms with Crippen LogP contribution in [0.2, 0.25) is 0 Å². The van der Waals surface area contributed by atoms with Crippen LogP contribution < -0.4 is 5.32 Å². The number of morpholine rings is 1. The summed E-state index contributed by atoms with van der Waals surface area (Å²) in [5, 5.41) is 4.56. The summed E-state index contributed by atoms with van der Waals surface area (Å²) in [6.45, 7) is 6.00. The molecule has 24 heavy (non-hydrogen) atoms. The number of amides is 2. The van der Waals surface area contributed by atoms with Crippen LogP contribution >= 0.6 is 11.5 Å². The summed E-state index contributed by atoms with van der Waals surface area (Å²) in [7, 11) is 0. The fourth-order valence-corrected chi connectivity index (χ4v) is 3.27. The van der Waals surface area contributed by atoms with Gasteiger partial charge in [0.05, 0.1) is 24.5 Å². The number of nitrogens with zero attached hydrogens (tertiary/aromatic N) is 2. The van der Waals surface area contributed by atoms with Crippen LogP contribution in [-0.2, 0) is 4.74 Å². The van der Waals surface area contributed by atoms with Crippen molar-refractivity contribution in [2.75, 3.05) is 31.6 Å². The maximum absolute atomic E-state index is 12.7. The summed E-state index contributed by atoms with van der Waals surface area (Å²) in [6.07, 6.45) is 0. The molecule has 0 aliphatic carbocycles. The molecule has 1 N–H and O–H groups in total. The molecule has 1 aromatic carbocycles. The Morgan fingerprint density at radius 2 is 1.96 bits per heavy atom. The first-order chi connectivity index (χ1) is 11.6. The lowest BCUT2D eigenvalue weighted by Crippen LogP contribution is -2.41. The van der Waals surface area contributed by atoms with Gasteiger partial charge in [-0.15, -0.1) is 0 Å². The topological polar surface area (TPSA) is 71.5 Å². The van der Waals surface area contributed by atoms with Crippen LogP contribution in [0.15, 0.2) is 23.6 Å². The first-order valence-corrected chi connectivity index (χ1v) is 8.60. The molecule has 0 spiro atoms. The van der Waals surface area contributed by atoms with Gasteiger partial charge in [-0.05, 0) is 43.1 Å². The van der Waals surface area contributed by atoms with Gasteiger partial charge >= 0.3 is 0 Å². The van der Waals surface area contributed by atoms with Crippen molar-refractivity contribution in [3.05, 3.63) is 46.0 Å². The first kappa shape index (κ1) is 16.6. The van der Waals surface area contributed by atoms with E-state index in [1.807, 2.05) is 13.0 Å². The number of nitrogens with one attached hydrogen (secondary N) is 1. The highest BCUT2D eigenvalue weighted by atomic mass is 32.1. The highest BCUT2D eigenvalue weighted by Gasteiger charge is 2.21. The smallest absolute Gasteiger partial charge is 0.258 e. The van der Waals surface area contributed by atoms with Crippen molar-refractivity contribution in [2.45, 2.75) is 13.8 Å². The van der Waals surface area contributed by atoms with Crippen molar-refractivity contribution in [1.82, 2.24) is 9.27 Å². The number of carbonyl (C=O) groups is 2. The van der Waals surface area contributed by atoms with Crippen molar-refractivity contribution in [3.8, 4) is 0 Å². The Morgan fingerprint density at radius 1 is 1.21 bits per heavy atom. The normalized spacial score (nSPS) is 14.5. The van der Waals surface area contributed by atoms with E-state index in [-0.39, 0.29) is 11.8 Å². The third-order valence-electron chi connectivity index (χ3n) is 4.02. The molecule has 1 saturated heterocycles. The van der Waals surface area contributed by atoms with E-state index in [4.69, 9.17) is 4.74 Å². The van der Waals surface area contributed by atoms with Crippen LogP contribution in [0.5, 0.6) is 0 Å². The zero-order chi connectivity index (χ0) is 17.1. The van der Waals surface area contributed by atoms with Gasteiger partial charge in [0.15, 0.2) is 0 Å². The standard InChI is InChI=1S/C17H19N3O3S/c1-11-3-4-13(18-16(21)15-10-24-19-12(15)2)9-14(11)17(22)20-5-7-23-8-6-20/h3-4,9-10H,5-8H2,1-2H3,(H,18,21). The van der Waals surface area contributed by atoms with E-state index in [1.165, 1.54) is 11.5 Å². The van der Waals surface area contributed by atoms with Crippen LogP contribution in [-0.4, -0.2) is 47.4 Å². The second-order valence-corrected chi connectivity index (χ2v) is 6.33. The Bertz CT molecular complexity index is 766. The van der Waals surface area contributed by atoms with E-state index < -0.39 is 0 Å². The van der Waals surface area contributed by atoms with Gasteiger partial charge in [0.25, 0.3) is 11.8 Å². The summed E-state index contributed by atoms with van der Waals surface area (Å²) < 4.78 is 9.40. The number of aryl methyl sites for hydroxylation is 2. The summed E-state index contributed by atoms with van der Waals surface area (Å²) in [5.41, 5.74) is 3.36. The van der Waals surface area contributed by atoms with E-state index in [0.717, 1.165) is 5.56 Å². The molecule has 1 aliphatic heterocycles. The third kappa shape index (κ3) is 3.47. The van der Waals surface area contributed by atoms with Crippen molar-refractivity contribution in [1.29, 1.82) is 0 Å². The molecule has 0 radical (unpaired) electrons. The predicted molar refractivity (Wildman–Crippen MR) is 92.7 cm³/mol. The number of carbonyl (C=O) groups excluding carboxylic acids is 2. The summed E-state index contributed by atoms with van der Waals surface area (Å²) in [4.78, 5) is 26.8. The SMILES string of the molecule is Cc1ccc(NC(=O)c2csnc2C)cc1C(=O)N1CCOCC1. The molecule has 0 atom stereocenters. The molecule has 6 nitrogen and oxygen atoms in total. The summed E-state index contributed by atoms with van der Waals surface area (Å²) in [5.74, 6) is -0.241. The van der Waals surface area contributed by atoms with Crippen molar-refractivity contribution >= 4 is 29.0 Å². The number of aromatic nitrogens is 1. The minimum atomic E-state index is -0.213. The zero-order valence-corrected chi connectivity index (χ0v) is 14.5. The number of anilines is 1. The van der Waals surface area contributed by atoms with Crippen LogP contribution in [0.4, 0.5) is 5.69 Å². The van der Waals surface area contributed by atoms with Crippen LogP contribution in [0, 0.1) is 13.8 Å². The van der Waals surface area contributed by atoms with E-state index in [0.29, 0.717) is 48.8 Å². The fraction of sp³-hybridized carbons (Fsp3) is 0.353. The lowest BCUT2D eigenvalue weighted by molar-refractivity contribution is 0.0302. The van der Waals surface area contributed by atoms with E-state index in [9.17, 15) is 9.59 Å². The number of benzene rings is 1. The van der Waals surface area contributed by atoms with Crippen LogP contribution in [0.3, 0.4) is 0 Å². The highest BCUT2D eigenvalue weighted by molar-refractivity contribution is 7.04. The average Bonchev–Trinajstić information content (AvgIpc) is 3.03. The second-order valence-electron chi connectivity index (χ2n) is 5.70. The molecule has 1 fully saturated rings. The Morgan fingerprint density at radius 3 is 2.62 bits per heavy atom. The molecule has 7 heteroatoms. The highest BCUT2D eigenvalue weighted by Crippen LogP contribution is 2.19. The van der Waals surface area contributed by atoms with E-state index in [1.54, 1.807) is 29.3 Å². The fourth-order valence-electron chi connectivity index (χ4n) is 2.58. The monoisotopic (exact) mass is 345 g/mol. The molecule has 2 heterocycles. The van der Waals surface area contributed by atoms with Crippen molar-refractivity contribution in [3.63, 3.8) is 0 Å². The molecule has 2 amide bonds. The third-order valence-corrected chi connectivity index (χ3v) is 4.74. The predicted octanol–water partition coefficient (Wildman–Crippen LogP) is 2.48. The Balaban J connectivity index is 1.79. The lowest BCUT2D eigenvalue weighted by Gasteiger charge is -2.27. The number of hydrogen-bond donors (Lipinski definition) is 1.